The molecule has 0 atom stereocenters. The molecule has 3 heteroatoms. The second kappa shape index (κ2) is 8.28. The highest BCUT2D eigenvalue weighted by Gasteiger charge is 2.16. The molecule has 148 valence electrons. The lowest BCUT2D eigenvalue weighted by molar-refractivity contribution is 0.285. The van der Waals surface area contributed by atoms with Gasteiger partial charge in [-0.25, -0.2) is 4.98 Å². The summed E-state index contributed by atoms with van der Waals surface area (Å²) in [6.07, 6.45) is 8.21. The van der Waals surface area contributed by atoms with E-state index in [1.165, 1.54) is 49.4 Å². The third-order valence-corrected chi connectivity index (χ3v) is 6.33. The molecule has 1 saturated carbocycles. The first-order chi connectivity index (χ1) is 14.4. The summed E-state index contributed by atoms with van der Waals surface area (Å²) in [7, 11) is 0. The van der Waals surface area contributed by atoms with Crippen molar-refractivity contribution in [1.29, 1.82) is 0 Å². The van der Waals surface area contributed by atoms with Gasteiger partial charge in [0.25, 0.3) is 0 Å². The molecular weight excluding hydrogens is 356 g/mol. The van der Waals surface area contributed by atoms with Gasteiger partial charge in [-0.05, 0) is 35.9 Å². The minimum atomic E-state index is 0.493. The summed E-state index contributed by atoms with van der Waals surface area (Å²) in [5, 5.41) is 2.36. The molecule has 29 heavy (non-hydrogen) atoms. The number of imidazole rings is 1. The average molecular weight is 385 g/mol. The highest BCUT2D eigenvalue weighted by Crippen LogP contribution is 2.29. The fourth-order valence-corrected chi connectivity index (χ4v) is 4.74. The van der Waals surface area contributed by atoms with E-state index in [-0.39, 0.29) is 0 Å². The number of aryl methyl sites for hydroxylation is 1. The topological polar surface area (TPSA) is 27.1 Å². The lowest BCUT2D eigenvalue weighted by atomic mass is 9.87. The molecule has 0 amide bonds. The van der Waals surface area contributed by atoms with Crippen molar-refractivity contribution in [1.82, 2.24) is 9.55 Å². The maximum atomic E-state index is 6.28. The predicted octanol–water partition coefficient (Wildman–Crippen LogP) is 6.74. The molecule has 4 aromatic rings. The molecule has 0 radical (unpaired) electrons. The van der Waals surface area contributed by atoms with Gasteiger partial charge in [-0.3, -0.25) is 0 Å². The largest absolute Gasteiger partial charge is 0.485 e. The van der Waals surface area contributed by atoms with E-state index in [4.69, 9.17) is 9.72 Å². The number of rotatable bonds is 6. The minimum absolute atomic E-state index is 0.493. The van der Waals surface area contributed by atoms with Crippen LogP contribution in [-0.4, -0.2) is 9.55 Å². The zero-order chi connectivity index (χ0) is 19.5. The van der Waals surface area contributed by atoms with Crippen molar-refractivity contribution in [2.24, 2.45) is 5.92 Å². The number of benzene rings is 3. The Hall–Kier alpha value is -2.81. The van der Waals surface area contributed by atoms with E-state index >= 15 is 0 Å². The first kappa shape index (κ1) is 18.2. The Morgan fingerprint density at radius 1 is 0.862 bits per heavy atom. The van der Waals surface area contributed by atoms with E-state index in [1.54, 1.807) is 0 Å². The Morgan fingerprint density at radius 2 is 1.66 bits per heavy atom. The quantitative estimate of drug-likeness (QED) is 0.368. The number of ether oxygens (including phenoxy) is 1. The van der Waals surface area contributed by atoms with Gasteiger partial charge >= 0.3 is 0 Å². The first-order valence-corrected chi connectivity index (χ1v) is 10.9. The van der Waals surface area contributed by atoms with E-state index in [9.17, 15) is 0 Å². The fraction of sp³-hybridized carbons (Fsp3) is 0.346. The van der Waals surface area contributed by atoms with E-state index in [0.29, 0.717) is 6.61 Å². The van der Waals surface area contributed by atoms with Gasteiger partial charge in [0.15, 0.2) is 0 Å². The Kier molecular flexibility index (Phi) is 5.21. The molecule has 1 aromatic heterocycles. The second-order valence-corrected chi connectivity index (χ2v) is 8.23. The Labute approximate surface area is 172 Å². The number of aromatic nitrogens is 2. The van der Waals surface area contributed by atoms with Crippen molar-refractivity contribution in [2.45, 2.75) is 51.7 Å². The molecule has 5 rings (SSSR count). The predicted molar refractivity (Wildman–Crippen MR) is 119 cm³/mol. The molecule has 3 aromatic carbocycles. The van der Waals surface area contributed by atoms with Crippen LogP contribution in [0.1, 0.15) is 44.3 Å². The van der Waals surface area contributed by atoms with Crippen LogP contribution in [0.15, 0.2) is 66.7 Å². The van der Waals surface area contributed by atoms with Gasteiger partial charge in [0.05, 0.1) is 11.0 Å². The smallest absolute Gasteiger partial charge is 0.147 e. The summed E-state index contributed by atoms with van der Waals surface area (Å²) < 4.78 is 8.67. The van der Waals surface area contributed by atoms with Crippen molar-refractivity contribution in [3.63, 3.8) is 0 Å². The van der Waals surface area contributed by atoms with Gasteiger partial charge in [0.2, 0.25) is 0 Å². The van der Waals surface area contributed by atoms with E-state index < -0.39 is 0 Å². The van der Waals surface area contributed by atoms with Crippen LogP contribution in [0.2, 0.25) is 0 Å². The second-order valence-electron chi connectivity index (χ2n) is 8.23. The number of hydrogen-bond acceptors (Lipinski definition) is 2. The lowest BCUT2D eigenvalue weighted by Gasteiger charge is -2.22. The number of nitrogens with zero attached hydrogens (tertiary/aromatic N) is 2. The van der Waals surface area contributed by atoms with Crippen LogP contribution in [0.3, 0.4) is 0 Å². The molecule has 1 aliphatic rings. The molecule has 1 aliphatic carbocycles. The standard InChI is InChI=1S/C26H28N2O/c1-2-9-20(10-3-1)17-18-28-24-15-7-6-14-23(24)27-26(28)19-29-25-16-8-12-21-11-4-5-13-22(21)25/h4-8,11-16,20H,1-3,9-10,17-19H2. The van der Waals surface area contributed by atoms with Crippen molar-refractivity contribution >= 4 is 21.8 Å². The zero-order valence-corrected chi connectivity index (χ0v) is 16.9. The SMILES string of the molecule is c1ccc2c(OCc3nc4ccccc4n3CCC3CCCCC3)cccc2c1. The summed E-state index contributed by atoms with van der Waals surface area (Å²) in [4.78, 5) is 4.91. The van der Waals surface area contributed by atoms with E-state index in [2.05, 4.69) is 71.3 Å². The van der Waals surface area contributed by atoms with Crippen LogP contribution in [0.4, 0.5) is 0 Å². The first-order valence-electron chi connectivity index (χ1n) is 10.9. The summed E-state index contributed by atoms with van der Waals surface area (Å²) in [6, 6.07) is 23.1. The van der Waals surface area contributed by atoms with Crippen LogP contribution in [0, 0.1) is 5.92 Å². The molecule has 0 bridgehead atoms. The van der Waals surface area contributed by atoms with Crippen LogP contribution >= 0.6 is 0 Å². The molecule has 1 heterocycles. The van der Waals surface area contributed by atoms with Gasteiger partial charge in [-0.2, -0.15) is 0 Å². The summed E-state index contributed by atoms with van der Waals surface area (Å²) in [6.45, 7) is 1.52. The molecule has 1 fully saturated rings. The third kappa shape index (κ3) is 3.87. The van der Waals surface area contributed by atoms with Crippen LogP contribution in [0.5, 0.6) is 5.75 Å². The zero-order valence-electron chi connectivity index (χ0n) is 16.9. The summed E-state index contributed by atoms with van der Waals surface area (Å²) in [5.74, 6) is 2.81. The average Bonchev–Trinajstić information content (AvgIpc) is 3.14. The van der Waals surface area contributed by atoms with Crippen molar-refractivity contribution in [3.05, 3.63) is 72.6 Å². The molecular formula is C26H28N2O. The van der Waals surface area contributed by atoms with E-state index in [1.807, 2.05) is 0 Å². The van der Waals surface area contributed by atoms with Gasteiger partial charge < -0.3 is 9.30 Å². The highest BCUT2D eigenvalue weighted by atomic mass is 16.5. The van der Waals surface area contributed by atoms with Gasteiger partial charge in [-0.1, -0.05) is 80.6 Å². The van der Waals surface area contributed by atoms with Gasteiger partial charge in [-0.15, -0.1) is 0 Å². The van der Waals surface area contributed by atoms with Crippen molar-refractivity contribution < 1.29 is 4.74 Å². The number of fused-ring (bicyclic) bond motifs is 2. The lowest BCUT2D eigenvalue weighted by Crippen LogP contribution is -2.13. The molecule has 0 aliphatic heterocycles. The number of para-hydroxylation sites is 2. The minimum Gasteiger partial charge on any atom is -0.485 e. The third-order valence-electron chi connectivity index (χ3n) is 6.33. The highest BCUT2D eigenvalue weighted by molar-refractivity contribution is 5.88. The van der Waals surface area contributed by atoms with Gasteiger partial charge in [0.1, 0.15) is 18.2 Å². The van der Waals surface area contributed by atoms with Crippen molar-refractivity contribution in [2.75, 3.05) is 0 Å². The molecule has 0 unspecified atom stereocenters. The van der Waals surface area contributed by atoms with E-state index in [0.717, 1.165) is 34.9 Å². The Balaban J connectivity index is 1.40. The fourth-order valence-electron chi connectivity index (χ4n) is 4.74. The monoisotopic (exact) mass is 384 g/mol. The maximum Gasteiger partial charge on any atom is 0.147 e. The summed E-state index contributed by atoms with van der Waals surface area (Å²) in [5.41, 5.74) is 2.28. The molecule has 0 spiro atoms. The molecule has 0 N–H and O–H groups in total. The van der Waals surface area contributed by atoms with Crippen LogP contribution < -0.4 is 4.74 Å². The molecule has 3 nitrogen and oxygen atoms in total. The molecule has 0 saturated heterocycles. The Bertz CT molecular complexity index is 1100. The number of hydrogen-bond donors (Lipinski definition) is 0. The Morgan fingerprint density at radius 3 is 2.59 bits per heavy atom. The maximum absolute atomic E-state index is 6.28. The van der Waals surface area contributed by atoms with Crippen LogP contribution in [0.25, 0.3) is 21.8 Å². The van der Waals surface area contributed by atoms with Crippen molar-refractivity contribution in [3.8, 4) is 5.75 Å². The normalized spacial score (nSPS) is 15.2. The van der Waals surface area contributed by atoms with Crippen LogP contribution in [-0.2, 0) is 13.2 Å². The van der Waals surface area contributed by atoms with Gasteiger partial charge in [0, 0.05) is 11.9 Å². The summed E-state index contributed by atoms with van der Waals surface area (Å²) >= 11 is 0.